The lowest BCUT2D eigenvalue weighted by Crippen LogP contribution is -2.38. The third kappa shape index (κ3) is 5.01. The van der Waals surface area contributed by atoms with E-state index in [0.29, 0.717) is 5.02 Å². The number of hydrazine groups is 1. The fourth-order valence-electron chi connectivity index (χ4n) is 1.99. The molecular formula is C14H18ClN3O3S. The SMILES string of the molecule is O=C(CCNS(=O)(=O)c1ccc(Cl)cc1)NNC1=CCCC1. The summed E-state index contributed by atoms with van der Waals surface area (Å²) in [5.74, 6) is -0.272. The van der Waals surface area contributed by atoms with E-state index >= 15 is 0 Å². The van der Waals surface area contributed by atoms with Crippen molar-refractivity contribution in [2.45, 2.75) is 30.6 Å². The van der Waals surface area contributed by atoms with Crippen LogP contribution in [0.1, 0.15) is 25.7 Å². The van der Waals surface area contributed by atoms with Crippen LogP contribution in [0.3, 0.4) is 0 Å². The zero-order chi connectivity index (χ0) is 16.0. The number of carbonyl (C=O) groups is 1. The Labute approximate surface area is 135 Å². The van der Waals surface area contributed by atoms with Crippen LogP contribution in [-0.2, 0) is 14.8 Å². The lowest BCUT2D eigenvalue weighted by molar-refractivity contribution is -0.121. The smallest absolute Gasteiger partial charge is 0.240 e. The number of carbonyl (C=O) groups excluding carboxylic acids is 1. The first-order valence-electron chi connectivity index (χ1n) is 6.96. The Morgan fingerprint density at radius 1 is 1.23 bits per heavy atom. The highest BCUT2D eigenvalue weighted by Gasteiger charge is 2.14. The third-order valence-corrected chi connectivity index (χ3v) is 4.90. The molecule has 6 nitrogen and oxygen atoms in total. The lowest BCUT2D eigenvalue weighted by Gasteiger charge is -2.10. The van der Waals surface area contributed by atoms with Gasteiger partial charge in [-0.1, -0.05) is 17.7 Å². The summed E-state index contributed by atoms with van der Waals surface area (Å²) in [6, 6.07) is 5.84. The normalized spacial score (nSPS) is 14.5. The van der Waals surface area contributed by atoms with Crippen molar-refractivity contribution in [3.05, 3.63) is 41.1 Å². The number of hydrogen-bond donors (Lipinski definition) is 3. The van der Waals surface area contributed by atoms with Crippen molar-refractivity contribution in [3.8, 4) is 0 Å². The topological polar surface area (TPSA) is 87.3 Å². The maximum Gasteiger partial charge on any atom is 0.240 e. The van der Waals surface area contributed by atoms with Gasteiger partial charge >= 0.3 is 0 Å². The van der Waals surface area contributed by atoms with Crippen LogP contribution in [0.25, 0.3) is 0 Å². The minimum absolute atomic E-state index is 0.0253. The molecule has 1 aliphatic carbocycles. The zero-order valence-electron chi connectivity index (χ0n) is 11.9. The molecular weight excluding hydrogens is 326 g/mol. The van der Waals surface area contributed by atoms with Gasteiger partial charge in [0.05, 0.1) is 4.90 Å². The summed E-state index contributed by atoms with van der Waals surface area (Å²) in [6.45, 7) is 0.0253. The lowest BCUT2D eigenvalue weighted by atomic mass is 10.3. The summed E-state index contributed by atoms with van der Waals surface area (Å²) < 4.78 is 26.3. The van der Waals surface area contributed by atoms with Crippen LogP contribution >= 0.6 is 11.6 Å². The number of nitrogens with one attached hydrogen (secondary N) is 3. The van der Waals surface area contributed by atoms with Crippen LogP contribution in [0.15, 0.2) is 40.9 Å². The predicted octanol–water partition coefficient (Wildman–Crippen LogP) is 1.70. The van der Waals surface area contributed by atoms with Crippen LogP contribution in [-0.4, -0.2) is 20.9 Å². The van der Waals surface area contributed by atoms with Crippen LogP contribution in [0.5, 0.6) is 0 Å². The number of rotatable bonds is 7. The van der Waals surface area contributed by atoms with Crippen molar-refractivity contribution < 1.29 is 13.2 Å². The molecule has 8 heteroatoms. The van der Waals surface area contributed by atoms with E-state index in [1.165, 1.54) is 24.3 Å². The fourth-order valence-corrected chi connectivity index (χ4v) is 3.15. The minimum Gasteiger partial charge on any atom is -0.303 e. The summed E-state index contributed by atoms with van der Waals surface area (Å²) in [5, 5.41) is 0.464. The molecule has 1 aliphatic rings. The maximum atomic E-state index is 12.0. The molecule has 1 aromatic carbocycles. The molecule has 1 aromatic rings. The quantitative estimate of drug-likeness (QED) is 0.657. The van der Waals surface area contributed by atoms with E-state index in [1.54, 1.807) is 0 Å². The second-order valence-corrected chi connectivity index (χ2v) is 7.10. The summed E-state index contributed by atoms with van der Waals surface area (Å²) in [6.07, 6.45) is 5.10. The van der Waals surface area contributed by atoms with Gasteiger partial charge in [-0.15, -0.1) is 0 Å². The van der Waals surface area contributed by atoms with Gasteiger partial charge in [0.2, 0.25) is 15.9 Å². The molecule has 0 heterocycles. The number of allylic oxidation sites excluding steroid dienone is 2. The van der Waals surface area contributed by atoms with Crippen LogP contribution in [0.2, 0.25) is 5.02 Å². The summed E-state index contributed by atoms with van der Waals surface area (Å²) in [4.78, 5) is 11.7. The molecule has 0 spiro atoms. The van der Waals surface area contributed by atoms with E-state index in [1.807, 2.05) is 6.08 Å². The molecule has 0 atom stereocenters. The highest BCUT2D eigenvalue weighted by Crippen LogP contribution is 2.14. The van der Waals surface area contributed by atoms with Gasteiger partial charge in [-0.3, -0.25) is 10.2 Å². The number of amides is 1. The van der Waals surface area contributed by atoms with E-state index in [4.69, 9.17) is 11.6 Å². The molecule has 0 aliphatic heterocycles. The number of halogens is 1. The van der Waals surface area contributed by atoms with Gasteiger partial charge in [0.15, 0.2) is 0 Å². The Bertz CT molecular complexity index is 656. The molecule has 0 unspecified atom stereocenters. The number of hydrogen-bond acceptors (Lipinski definition) is 4. The molecule has 3 N–H and O–H groups in total. The third-order valence-electron chi connectivity index (χ3n) is 3.17. The molecule has 2 rings (SSSR count). The van der Waals surface area contributed by atoms with Gasteiger partial charge in [0, 0.05) is 23.7 Å². The van der Waals surface area contributed by atoms with E-state index < -0.39 is 10.0 Å². The Balaban J connectivity index is 1.74. The first kappa shape index (κ1) is 16.8. The Morgan fingerprint density at radius 2 is 1.95 bits per heavy atom. The van der Waals surface area contributed by atoms with Crippen molar-refractivity contribution in [2.24, 2.45) is 0 Å². The first-order chi connectivity index (χ1) is 10.5. The Morgan fingerprint density at radius 3 is 2.59 bits per heavy atom. The first-order valence-corrected chi connectivity index (χ1v) is 8.82. The maximum absolute atomic E-state index is 12.0. The standard InChI is InChI=1S/C14H18ClN3O3S/c15-11-5-7-13(8-6-11)22(20,21)16-10-9-14(19)18-17-12-3-1-2-4-12/h3,5-8,16-17H,1-2,4,9-10H2,(H,18,19). The van der Waals surface area contributed by atoms with Crippen LogP contribution in [0, 0.1) is 0 Å². The van der Waals surface area contributed by atoms with Crippen LogP contribution < -0.4 is 15.6 Å². The summed E-state index contributed by atoms with van der Waals surface area (Å²) in [5.41, 5.74) is 6.38. The molecule has 0 fully saturated rings. The van der Waals surface area contributed by atoms with E-state index in [9.17, 15) is 13.2 Å². The Hall–Kier alpha value is -1.57. The predicted molar refractivity (Wildman–Crippen MR) is 84.5 cm³/mol. The van der Waals surface area contributed by atoms with Crippen molar-refractivity contribution in [3.63, 3.8) is 0 Å². The highest BCUT2D eigenvalue weighted by atomic mass is 35.5. The molecule has 0 bridgehead atoms. The van der Waals surface area contributed by atoms with E-state index in [-0.39, 0.29) is 23.8 Å². The second kappa shape index (κ2) is 7.62. The molecule has 0 saturated heterocycles. The van der Waals surface area contributed by atoms with Crippen molar-refractivity contribution in [1.29, 1.82) is 0 Å². The minimum atomic E-state index is -3.62. The Kier molecular flexibility index (Phi) is 5.82. The van der Waals surface area contributed by atoms with Crippen molar-refractivity contribution >= 4 is 27.5 Å². The van der Waals surface area contributed by atoms with Gasteiger partial charge in [0.25, 0.3) is 0 Å². The van der Waals surface area contributed by atoms with Gasteiger partial charge in [-0.05, 0) is 43.5 Å². The number of sulfonamides is 1. The molecule has 0 radical (unpaired) electrons. The zero-order valence-corrected chi connectivity index (χ0v) is 13.5. The number of benzene rings is 1. The fraction of sp³-hybridized carbons (Fsp3) is 0.357. The van der Waals surface area contributed by atoms with Gasteiger partial charge < -0.3 is 5.43 Å². The molecule has 0 saturated carbocycles. The van der Waals surface area contributed by atoms with Gasteiger partial charge in [-0.2, -0.15) is 0 Å². The van der Waals surface area contributed by atoms with E-state index in [2.05, 4.69) is 15.6 Å². The average Bonchev–Trinajstić information content (AvgIpc) is 2.99. The van der Waals surface area contributed by atoms with Crippen molar-refractivity contribution in [1.82, 2.24) is 15.6 Å². The van der Waals surface area contributed by atoms with E-state index in [0.717, 1.165) is 25.0 Å². The largest absolute Gasteiger partial charge is 0.303 e. The van der Waals surface area contributed by atoms with Gasteiger partial charge in [0.1, 0.15) is 0 Å². The average molecular weight is 344 g/mol. The second-order valence-electron chi connectivity index (χ2n) is 4.90. The van der Waals surface area contributed by atoms with Gasteiger partial charge in [-0.25, -0.2) is 13.1 Å². The molecule has 120 valence electrons. The summed E-state index contributed by atoms with van der Waals surface area (Å²) in [7, 11) is -3.62. The van der Waals surface area contributed by atoms with Crippen molar-refractivity contribution in [2.75, 3.05) is 6.54 Å². The molecule has 22 heavy (non-hydrogen) atoms. The summed E-state index contributed by atoms with van der Waals surface area (Å²) >= 11 is 5.72. The highest BCUT2D eigenvalue weighted by molar-refractivity contribution is 7.89. The van der Waals surface area contributed by atoms with Crippen LogP contribution in [0.4, 0.5) is 0 Å². The monoisotopic (exact) mass is 343 g/mol. The molecule has 0 aromatic heterocycles. The molecule has 1 amide bonds.